The second-order valence-corrected chi connectivity index (χ2v) is 10.4. The first kappa shape index (κ1) is 29.5. The first-order valence-corrected chi connectivity index (χ1v) is 14.5. The Bertz CT molecular complexity index is 1940. The number of hydrogen-bond acceptors (Lipinski definition) is 9. The van der Waals surface area contributed by atoms with Gasteiger partial charge in [-0.15, -0.1) is 0 Å². The summed E-state index contributed by atoms with van der Waals surface area (Å²) < 4.78 is 18.8. The third-order valence-corrected chi connectivity index (χ3v) is 7.43. The highest BCUT2D eigenvalue weighted by Crippen LogP contribution is 2.37. The number of hydrogen-bond donors (Lipinski definition) is 2. The number of ether oxygens (including phenoxy) is 3. The van der Waals surface area contributed by atoms with Gasteiger partial charge in [0.25, 0.3) is 11.5 Å². The molecule has 0 fully saturated rings. The number of Topliss-reactive ketones (excluding diaryl/α,β-unsaturated/α-hetero) is 1. The highest BCUT2D eigenvalue weighted by atomic mass is 16.5. The number of aliphatic hydroxyl groups excluding tert-OH is 1. The van der Waals surface area contributed by atoms with Crippen LogP contribution in [0.1, 0.15) is 45.7 Å². The minimum Gasteiger partial charge on any atom is -0.493 e. The fourth-order valence-corrected chi connectivity index (χ4v) is 5.27. The quantitative estimate of drug-likeness (QED) is 0.207. The van der Waals surface area contributed by atoms with Crippen LogP contribution in [0, 0.1) is 0 Å². The minimum atomic E-state index is -0.670. The molecule has 1 aliphatic rings. The standard InChI is InChI=1S/C34H30N4O7/c1-43-30-18-23-26(19-31(30)44-16-6-15-39)35-14-13-29(23)45-22-11-12-32(36-20-22)37-33(41)25-17-24-27(9-5-10-28(24)40)38(34(25)42)21-7-3-2-4-8-21/h2-4,7-8,11-14,17-20,39H,5-6,9-10,15-16H2,1H3,(H,36,37,41). The van der Waals surface area contributed by atoms with E-state index in [0.29, 0.717) is 83.1 Å². The molecule has 0 saturated heterocycles. The van der Waals surface area contributed by atoms with E-state index < -0.39 is 11.5 Å². The molecule has 5 aromatic rings. The summed E-state index contributed by atoms with van der Waals surface area (Å²) >= 11 is 0. The lowest BCUT2D eigenvalue weighted by Gasteiger charge is -2.21. The topological polar surface area (TPSA) is 142 Å². The van der Waals surface area contributed by atoms with Crippen LogP contribution in [0.5, 0.6) is 23.0 Å². The van der Waals surface area contributed by atoms with Gasteiger partial charge in [-0.05, 0) is 55.3 Å². The fourth-order valence-electron chi connectivity index (χ4n) is 5.27. The summed E-state index contributed by atoms with van der Waals surface area (Å²) in [7, 11) is 1.53. The summed E-state index contributed by atoms with van der Waals surface area (Å²) in [6, 6.07) is 18.8. The van der Waals surface area contributed by atoms with Crippen molar-refractivity contribution in [2.24, 2.45) is 0 Å². The Labute approximate surface area is 258 Å². The summed E-state index contributed by atoms with van der Waals surface area (Å²) in [5.41, 5.74) is 1.56. The normalized spacial score (nSPS) is 12.4. The highest BCUT2D eigenvalue weighted by molar-refractivity contribution is 6.06. The number of ketones is 1. The van der Waals surface area contributed by atoms with Crippen molar-refractivity contribution in [3.8, 4) is 28.7 Å². The van der Waals surface area contributed by atoms with Crippen molar-refractivity contribution in [2.45, 2.75) is 25.7 Å². The van der Waals surface area contributed by atoms with Crippen LogP contribution in [0.4, 0.5) is 5.82 Å². The molecule has 6 rings (SSSR count). The van der Waals surface area contributed by atoms with E-state index in [1.54, 1.807) is 60.8 Å². The van der Waals surface area contributed by atoms with E-state index in [1.807, 2.05) is 6.07 Å². The van der Waals surface area contributed by atoms with Gasteiger partial charge < -0.3 is 24.6 Å². The number of amides is 1. The number of nitrogens with one attached hydrogen (secondary N) is 1. The first-order valence-electron chi connectivity index (χ1n) is 14.5. The maximum Gasteiger partial charge on any atom is 0.268 e. The van der Waals surface area contributed by atoms with Crippen molar-refractivity contribution in [3.05, 3.63) is 106 Å². The Balaban J connectivity index is 1.24. The molecule has 0 saturated carbocycles. The zero-order valence-corrected chi connectivity index (χ0v) is 24.5. The highest BCUT2D eigenvalue weighted by Gasteiger charge is 2.26. The number of anilines is 1. The van der Waals surface area contributed by atoms with E-state index >= 15 is 0 Å². The van der Waals surface area contributed by atoms with Crippen molar-refractivity contribution in [1.29, 1.82) is 0 Å². The van der Waals surface area contributed by atoms with E-state index in [0.717, 1.165) is 0 Å². The third-order valence-electron chi connectivity index (χ3n) is 7.43. The van der Waals surface area contributed by atoms with E-state index in [2.05, 4.69) is 15.3 Å². The molecule has 0 bridgehead atoms. The van der Waals surface area contributed by atoms with Crippen LogP contribution in [0.25, 0.3) is 16.6 Å². The van der Waals surface area contributed by atoms with Gasteiger partial charge in [0.2, 0.25) is 0 Å². The number of carbonyl (C=O) groups excluding carboxylic acids is 2. The minimum absolute atomic E-state index is 0.0195. The second-order valence-electron chi connectivity index (χ2n) is 10.4. The van der Waals surface area contributed by atoms with E-state index in [1.165, 1.54) is 23.9 Å². The van der Waals surface area contributed by atoms with Gasteiger partial charge in [0, 0.05) is 54.0 Å². The second kappa shape index (κ2) is 13.0. The zero-order chi connectivity index (χ0) is 31.3. The van der Waals surface area contributed by atoms with E-state index in [-0.39, 0.29) is 23.8 Å². The predicted octanol–water partition coefficient (Wildman–Crippen LogP) is 5.11. The molecule has 0 atom stereocenters. The first-order chi connectivity index (χ1) is 22.0. The summed E-state index contributed by atoms with van der Waals surface area (Å²) in [4.78, 5) is 48.5. The predicted molar refractivity (Wildman–Crippen MR) is 167 cm³/mol. The molecular weight excluding hydrogens is 576 g/mol. The number of pyridine rings is 3. The van der Waals surface area contributed by atoms with Gasteiger partial charge in [0.15, 0.2) is 17.3 Å². The van der Waals surface area contributed by atoms with Crippen molar-refractivity contribution in [2.75, 3.05) is 25.6 Å². The maximum absolute atomic E-state index is 13.6. The largest absolute Gasteiger partial charge is 0.493 e. The number of para-hydroxylation sites is 1. The summed E-state index contributed by atoms with van der Waals surface area (Å²) in [6.07, 6.45) is 5.11. The molecule has 3 aromatic heterocycles. The number of carbonyl (C=O) groups is 2. The average Bonchev–Trinajstić information content (AvgIpc) is 3.06. The average molecular weight is 607 g/mol. The summed E-state index contributed by atoms with van der Waals surface area (Å²) in [5.74, 6) is 1.33. The fraction of sp³-hybridized carbons (Fsp3) is 0.206. The molecule has 0 radical (unpaired) electrons. The number of aliphatic hydroxyl groups is 1. The van der Waals surface area contributed by atoms with Crippen LogP contribution in [-0.2, 0) is 6.42 Å². The van der Waals surface area contributed by atoms with Gasteiger partial charge in [0.1, 0.15) is 22.9 Å². The third kappa shape index (κ3) is 6.11. The Hall–Kier alpha value is -5.55. The lowest BCUT2D eigenvalue weighted by atomic mass is 9.92. The molecule has 45 heavy (non-hydrogen) atoms. The number of methoxy groups -OCH3 is 1. The molecule has 0 spiro atoms. The van der Waals surface area contributed by atoms with E-state index in [9.17, 15) is 14.4 Å². The monoisotopic (exact) mass is 606 g/mol. The van der Waals surface area contributed by atoms with Gasteiger partial charge in [-0.1, -0.05) is 18.2 Å². The number of aromatic nitrogens is 3. The molecule has 1 aliphatic carbocycles. The maximum atomic E-state index is 13.6. The SMILES string of the molecule is COc1cc2c(Oc3ccc(NC(=O)c4cc5c(n(-c6ccccc6)c4=O)CCCC5=O)nc3)ccnc2cc1OCCCO. The molecule has 3 heterocycles. The summed E-state index contributed by atoms with van der Waals surface area (Å²) in [5, 5.41) is 12.4. The molecule has 0 unspecified atom stereocenters. The van der Waals surface area contributed by atoms with Crippen molar-refractivity contribution < 1.29 is 28.9 Å². The molecule has 11 nitrogen and oxygen atoms in total. The lowest BCUT2D eigenvalue weighted by molar-refractivity contribution is 0.0971. The van der Waals surface area contributed by atoms with Gasteiger partial charge in [-0.25, -0.2) is 4.98 Å². The van der Waals surface area contributed by atoms with Crippen LogP contribution < -0.4 is 25.1 Å². The molecular formula is C34H30N4O7. The summed E-state index contributed by atoms with van der Waals surface area (Å²) in [6.45, 7) is 0.350. The van der Waals surface area contributed by atoms with Crippen molar-refractivity contribution >= 4 is 28.4 Å². The Morgan fingerprint density at radius 1 is 0.978 bits per heavy atom. The zero-order valence-electron chi connectivity index (χ0n) is 24.5. The molecule has 2 aromatic carbocycles. The van der Waals surface area contributed by atoms with Crippen LogP contribution in [0.15, 0.2) is 83.9 Å². The number of benzene rings is 2. The van der Waals surface area contributed by atoms with E-state index in [4.69, 9.17) is 19.3 Å². The number of rotatable bonds is 10. The van der Waals surface area contributed by atoms with Crippen molar-refractivity contribution in [3.63, 3.8) is 0 Å². The van der Waals surface area contributed by atoms with Crippen LogP contribution in [0.3, 0.4) is 0 Å². The van der Waals surface area contributed by atoms with Crippen LogP contribution in [0.2, 0.25) is 0 Å². The van der Waals surface area contributed by atoms with Crippen LogP contribution in [-0.4, -0.2) is 51.7 Å². The Morgan fingerprint density at radius 3 is 2.58 bits per heavy atom. The molecule has 0 aliphatic heterocycles. The Morgan fingerprint density at radius 2 is 1.82 bits per heavy atom. The van der Waals surface area contributed by atoms with Crippen LogP contribution >= 0.6 is 0 Å². The van der Waals surface area contributed by atoms with Gasteiger partial charge >= 0.3 is 0 Å². The molecule has 228 valence electrons. The van der Waals surface area contributed by atoms with Gasteiger partial charge in [0.05, 0.1) is 25.4 Å². The van der Waals surface area contributed by atoms with Gasteiger partial charge in [-0.2, -0.15) is 0 Å². The Kier molecular flexibility index (Phi) is 8.52. The number of nitrogens with zero attached hydrogens (tertiary/aromatic N) is 3. The molecule has 11 heteroatoms. The van der Waals surface area contributed by atoms with Gasteiger partial charge in [-0.3, -0.25) is 23.9 Å². The molecule has 1 amide bonds. The lowest BCUT2D eigenvalue weighted by Crippen LogP contribution is -2.33. The molecule has 2 N–H and O–H groups in total. The smallest absolute Gasteiger partial charge is 0.268 e. The number of fused-ring (bicyclic) bond motifs is 2. The van der Waals surface area contributed by atoms with Crippen molar-refractivity contribution in [1.82, 2.24) is 14.5 Å².